The number of nitrogens with zero attached hydrogens (tertiary/aromatic N) is 1. The highest BCUT2D eigenvalue weighted by molar-refractivity contribution is 7.09. The molecule has 0 radical (unpaired) electrons. The van der Waals surface area contributed by atoms with E-state index in [0.717, 1.165) is 17.0 Å². The Morgan fingerprint density at radius 1 is 1.27 bits per heavy atom. The van der Waals surface area contributed by atoms with E-state index in [2.05, 4.69) is 10.3 Å². The van der Waals surface area contributed by atoms with Gasteiger partial charge in [0.05, 0.1) is 12.1 Å². The topological polar surface area (TPSA) is 24.9 Å². The van der Waals surface area contributed by atoms with Crippen LogP contribution in [0.25, 0.3) is 0 Å². The van der Waals surface area contributed by atoms with E-state index in [1.165, 1.54) is 17.4 Å². The minimum absolute atomic E-state index is 0.558. The molecule has 2 aromatic rings. The van der Waals surface area contributed by atoms with E-state index < -0.39 is 11.6 Å². The Kier molecular flexibility index (Phi) is 2.91. The van der Waals surface area contributed by atoms with Crippen molar-refractivity contribution in [3.8, 4) is 0 Å². The normalized spacial score (nSPS) is 10.3. The Balaban J connectivity index is 2.02. The lowest BCUT2D eigenvalue weighted by atomic mass is 10.3. The summed E-state index contributed by atoms with van der Waals surface area (Å²) in [6.45, 7) is 0.565. The fourth-order valence-corrected chi connectivity index (χ4v) is 1.66. The van der Waals surface area contributed by atoms with Gasteiger partial charge in [0.1, 0.15) is 0 Å². The summed E-state index contributed by atoms with van der Waals surface area (Å²) in [7, 11) is 0. The van der Waals surface area contributed by atoms with Crippen LogP contribution in [0.3, 0.4) is 0 Å². The van der Waals surface area contributed by atoms with Crippen molar-refractivity contribution in [1.82, 2.24) is 4.98 Å². The van der Waals surface area contributed by atoms with E-state index in [1.54, 1.807) is 11.7 Å². The summed E-state index contributed by atoms with van der Waals surface area (Å²) < 4.78 is 25.4. The van der Waals surface area contributed by atoms with E-state index in [9.17, 15) is 8.78 Å². The van der Waals surface area contributed by atoms with Gasteiger partial charge in [-0.3, -0.25) is 4.98 Å². The lowest BCUT2D eigenvalue weighted by Crippen LogP contribution is -1.98. The van der Waals surface area contributed by atoms with Crippen LogP contribution < -0.4 is 5.32 Å². The van der Waals surface area contributed by atoms with Gasteiger partial charge in [-0.25, -0.2) is 8.78 Å². The zero-order valence-electron chi connectivity index (χ0n) is 7.71. The highest BCUT2D eigenvalue weighted by Gasteiger charge is 2.02. The number of halogens is 2. The fraction of sp³-hybridized carbons (Fsp3) is 0.100. The predicted molar refractivity (Wildman–Crippen MR) is 55.8 cm³/mol. The lowest BCUT2D eigenvalue weighted by molar-refractivity contribution is 0.509. The highest BCUT2D eigenvalue weighted by Crippen LogP contribution is 2.15. The summed E-state index contributed by atoms with van der Waals surface area (Å²) in [6, 6.07) is 3.74. The molecule has 78 valence electrons. The van der Waals surface area contributed by atoms with E-state index >= 15 is 0 Å². The molecule has 15 heavy (non-hydrogen) atoms. The number of benzene rings is 1. The summed E-state index contributed by atoms with van der Waals surface area (Å²) in [4.78, 5) is 4.95. The number of nitrogens with one attached hydrogen (secondary N) is 1. The molecule has 0 aliphatic heterocycles. The SMILES string of the molecule is Fc1ccc(NCc2cncs2)cc1F. The first-order valence-electron chi connectivity index (χ1n) is 4.32. The van der Waals surface area contributed by atoms with Crippen LogP contribution in [0.2, 0.25) is 0 Å². The number of anilines is 1. The highest BCUT2D eigenvalue weighted by atomic mass is 32.1. The third-order valence-electron chi connectivity index (χ3n) is 1.87. The van der Waals surface area contributed by atoms with Gasteiger partial charge in [0.25, 0.3) is 0 Å². The summed E-state index contributed by atoms with van der Waals surface area (Å²) in [5.74, 6) is -1.68. The van der Waals surface area contributed by atoms with Crippen molar-refractivity contribution in [3.05, 3.63) is 46.4 Å². The predicted octanol–water partition coefficient (Wildman–Crippen LogP) is 3.03. The second-order valence-corrected chi connectivity index (χ2v) is 3.92. The summed E-state index contributed by atoms with van der Waals surface area (Å²) >= 11 is 1.51. The standard InChI is InChI=1S/C10H8F2N2S/c11-9-2-1-7(3-10(9)12)14-5-8-4-13-6-15-8/h1-4,6,14H,5H2. The Morgan fingerprint density at radius 2 is 2.13 bits per heavy atom. The van der Waals surface area contributed by atoms with Gasteiger partial charge in [-0.05, 0) is 12.1 Å². The van der Waals surface area contributed by atoms with Crippen LogP contribution in [-0.2, 0) is 6.54 Å². The van der Waals surface area contributed by atoms with Gasteiger partial charge >= 0.3 is 0 Å². The number of thiazole rings is 1. The van der Waals surface area contributed by atoms with E-state index in [1.807, 2.05) is 0 Å². The number of hydrogen-bond donors (Lipinski definition) is 1. The van der Waals surface area contributed by atoms with Crippen molar-refractivity contribution in [1.29, 1.82) is 0 Å². The third-order valence-corrected chi connectivity index (χ3v) is 2.65. The maximum atomic E-state index is 12.8. The molecule has 0 aliphatic carbocycles. The second kappa shape index (κ2) is 4.35. The molecule has 0 atom stereocenters. The first-order chi connectivity index (χ1) is 7.25. The summed E-state index contributed by atoms with van der Waals surface area (Å²) in [5.41, 5.74) is 2.28. The molecule has 0 amide bonds. The van der Waals surface area contributed by atoms with Crippen molar-refractivity contribution >= 4 is 17.0 Å². The van der Waals surface area contributed by atoms with Crippen LogP contribution in [0.15, 0.2) is 29.9 Å². The average molecular weight is 226 g/mol. The van der Waals surface area contributed by atoms with Crippen LogP contribution in [0, 0.1) is 11.6 Å². The van der Waals surface area contributed by atoms with Gasteiger partial charge in [-0.1, -0.05) is 0 Å². The molecule has 0 aliphatic rings. The molecule has 0 saturated carbocycles. The Labute approximate surface area is 89.6 Å². The van der Waals surface area contributed by atoms with Crippen molar-refractivity contribution in [2.24, 2.45) is 0 Å². The zero-order chi connectivity index (χ0) is 10.7. The van der Waals surface area contributed by atoms with Gasteiger partial charge in [0.15, 0.2) is 11.6 Å². The smallest absolute Gasteiger partial charge is 0.160 e. The molecule has 1 N–H and O–H groups in total. The molecule has 5 heteroatoms. The Hall–Kier alpha value is -1.49. The average Bonchev–Trinajstić information content (AvgIpc) is 2.73. The minimum Gasteiger partial charge on any atom is -0.380 e. The van der Waals surface area contributed by atoms with Crippen molar-refractivity contribution in [2.45, 2.75) is 6.54 Å². The molecule has 1 heterocycles. The van der Waals surface area contributed by atoms with Crippen LogP contribution in [0.5, 0.6) is 0 Å². The molecule has 2 nitrogen and oxygen atoms in total. The van der Waals surface area contributed by atoms with E-state index in [4.69, 9.17) is 0 Å². The van der Waals surface area contributed by atoms with Gasteiger partial charge in [0.2, 0.25) is 0 Å². The molecule has 0 spiro atoms. The van der Waals surface area contributed by atoms with Crippen molar-refractivity contribution < 1.29 is 8.78 Å². The van der Waals surface area contributed by atoms with Gasteiger partial charge in [-0.15, -0.1) is 11.3 Å². The van der Waals surface area contributed by atoms with Gasteiger partial charge < -0.3 is 5.32 Å². The number of aromatic nitrogens is 1. The minimum atomic E-state index is -0.843. The maximum absolute atomic E-state index is 12.8. The van der Waals surface area contributed by atoms with Crippen molar-refractivity contribution in [2.75, 3.05) is 5.32 Å². The van der Waals surface area contributed by atoms with Gasteiger partial charge in [0, 0.05) is 22.8 Å². The number of rotatable bonds is 3. The van der Waals surface area contributed by atoms with Gasteiger partial charge in [-0.2, -0.15) is 0 Å². The summed E-state index contributed by atoms with van der Waals surface area (Å²) in [6.07, 6.45) is 1.73. The molecule has 0 fully saturated rings. The van der Waals surface area contributed by atoms with Crippen LogP contribution in [0.4, 0.5) is 14.5 Å². The Morgan fingerprint density at radius 3 is 2.80 bits per heavy atom. The molecular formula is C10H8F2N2S. The molecular weight excluding hydrogens is 218 g/mol. The van der Waals surface area contributed by atoms with Crippen LogP contribution >= 0.6 is 11.3 Å². The van der Waals surface area contributed by atoms with Crippen LogP contribution in [0.1, 0.15) is 4.88 Å². The monoisotopic (exact) mass is 226 g/mol. The summed E-state index contributed by atoms with van der Waals surface area (Å²) in [5, 5.41) is 2.98. The lowest BCUT2D eigenvalue weighted by Gasteiger charge is -2.04. The first-order valence-corrected chi connectivity index (χ1v) is 5.20. The molecule has 0 bridgehead atoms. The molecule has 1 aromatic heterocycles. The molecule has 2 rings (SSSR count). The molecule has 0 saturated heterocycles. The fourth-order valence-electron chi connectivity index (χ4n) is 1.12. The largest absolute Gasteiger partial charge is 0.380 e. The number of hydrogen-bond acceptors (Lipinski definition) is 3. The zero-order valence-corrected chi connectivity index (χ0v) is 8.52. The van der Waals surface area contributed by atoms with E-state index in [0.29, 0.717) is 12.2 Å². The Bertz CT molecular complexity index is 443. The van der Waals surface area contributed by atoms with Crippen molar-refractivity contribution in [3.63, 3.8) is 0 Å². The molecule has 1 aromatic carbocycles. The molecule has 0 unspecified atom stereocenters. The quantitative estimate of drug-likeness (QED) is 0.870. The maximum Gasteiger partial charge on any atom is 0.160 e. The first kappa shape index (κ1) is 10.0. The second-order valence-electron chi connectivity index (χ2n) is 2.95. The van der Waals surface area contributed by atoms with E-state index in [-0.39, 0.29) is 0 Å². The van der Waals surface area contributed by atoms with Crippen LogP contribution in [-0.4, -0.2) is 4.98 Å². The third kappa shape index (κ3) is 2.50.